The maximum atomic E-state index is 11.9. The predicted octanol–water partition coefficient (Wildman–Crippen LogP) is 3.18. The third kappa shape index (κ3) is 2.79. The van der Waals surface area contributed by atoms with Crippen LogP contribution in [0.1, 0.15) is 30.5 Å². The molecule has 0 unspecified atom stereocenters. The molecule has 1 heterocycles. The lowest BCUT2D eigenvalue weighted by molar-refractivity contribution is -0.121. The van der Waals surface area contributed by atoms with Gasteiger partial charge in [0, 0.05) is 6.42 Å². The van der Waals surface area contributed by atoms with E-state index < -0.39 is 0 Å². The lowest BCUT2D eigenvalue weighted by Crippen LogP contribution is -2.28. The van der Waals surface area contributed by atoms with Gasteiger partial charge >= 0.3 is 0 Å². The van der Waals surface area contributed by atoms with Crippen LogP contribution in [0.3, 0.4) is 0 Å². The molecule has 1 amide bonds. The maximum absolute atomic E-state index is 11.9. The van der Waals surface area contributed by atoms with Gasteiger partial charge < -0.3 is 10.3 Å². The number of carbonyl (C=O) groups is 1. The minimum absolute atomic E-state index is 0.0357. The summed E-state index contributed by atoms with van der Waals surface area (Å²) in [7, 11) is 0. The first-order chi connectivity index (χ1) is 10.3. The Morgan fingerprint density at radius 1 is 1.19 bits per heavy atom. The summed E-state index contributed by atoms with van der Waals surface area (Å²) in [6, 6.07) is 15.9. The van der Waals surface area contributed by atoms with E-state index in [1.54, 1.807) is 6.33 Å². The van der Waals surface area contributed by atoms with Crippen LogP contribution in [-0.4, -0.2) is 15.9 Å². The number of H-pyrrole nitrogens is 1. The molecule has 0 bridgehead atoms. The molecule has 4 heteroatoms. The van der Waals surface area contributed by atoms with Crippen LogP contribution in [0.2, 0.25) is 0 Å². The Morgan fingerprint density at radius 2 is 2.00 bits per heavy atom. The van der Waals surface area contributed by atoms with Crippen molar-refractivity contribution in [1.29, 1.82) is 0 Å². The molecule has 1 aromatic heterocycles. The number of nitrogens with one attached hydrogen (secondary N) is 2. The van der Waals surface area contributed by atoms with Crippen LogP contribution in [0.25, 0.3) is 11.0 Å². The second-order valence-electron chi connectivity index (χ2n) is 4.94. The molecule has 3 aromatic rings. The van der Waals surface area contributed by atoms with Gasteiger partial charge in [-0.15, -0.1) is 0 Å². The lowest BCUT2D eigenvalue weighted by atomic mass is 9.98. The molecule has 0 aliphatic heterocycles. The Balaban J connectivity index is 2.03. The number of amides is 1. The number of hydrogen-bond acceptors (Lipinski definition) is 2. The van der Waals surface area contributed by atoms with Gasteiger partial charge in [-0.2, -0.15) is 0 Å². The number of rotatable bonds is 4. The minimum Gasteiger partial charge on any atom is -0.345 e. The predicted molar refractivity (Wildman–Crippen MR) is 82.8 cm³/mol. The highest BCUT2D eigenvalue weighted by Gasteiger charge is 2.16. The Bertz CT molecular complexity index is 749. The molecule has 0 saturated carbocycles. The second kappa shape index (κ2) is 5.79. The average Bonchev–Trinajstić information content (AvgIpc) is 3.00. The maximum Gasteiger partial charge on any atom is 0.220 e. The van der Waals surface area contributed by atoms with Crippen LogP contribution >= 0.6 is 0 Å². The molecule has 4 nitrogen and oxygen atoms in total. The quantitative estimate of drug-likeness (QED) is 0.770. The van der Waals surface area contributed by atoms with E-state index in [1.165, 1.54) is 0 Å². The van der Waals surface area contributed by atoms with Gasteiger partial charge in [0.15, 0.2) is 0 Å². The van der Waals surface area contributed by atoms with Crippen molar-refractivity contribution in [3.05, 3.63) is 66.0 Å². The largest absolute Gasteiger partial charge is 0.345 e. The highest BCUT2D eigenvalue weighted by molar-refractivity contribution is 5.78. The number of carbonyl (C=O) groups excluding carboxylic acids is 1. The summed E-state index contributed by atoms with van der Waals surface area (Å²) in [5.74, 6) is 0.0357. The Labute approximate surface area is 123 Å². The van der Waals surface area contributed by atoms with E-state index in [2.05, 4.69) is 15.3 Å². The molecule has 0 fully saturated rings. The number of imidazole rings is 1. The van der Waals surface area contributed by atoms with Crippen molar-refractivity contribution in [2.45, 2.75) is 19.4 Å². The first-order valence-electron chi connectivity index (χ1n) is 7.05. The van der Waals surface area contributed by atoms with E-state index in [0.29, 0.717) is 6.42 Å². The molecular formula is C17H17N3O. The molecule has 0 spiro atoms. The Hall–Kier alpha value is -2.62. The summed E-state index contributed by atoms with van der Waals surface area (Å²) in [6.45, 7) is 1.86. The van der Waals surface area contributed by atoms with Crippen molar-refractivity contribution in [2.75, 3.05) is 0 Å². The van der Waals surface area contributed by atoms with Crippen molar-refractivity contribution in [3.63, 3.8) is 0 Å². The van der Waals surface area contributed by atoms with Crippen molar-refractivity contribution >= 4 is 16.9 Å². The minimum atomic E-state index is -0.147. The monoisotopic (exact) mass is 279 g/mol. The van der Waals surface area contributed by atoms with Gasteiger partial charge in [0.05, 0.1) is 23.4 Å². The summed E-state index contributed by atoms with van der Waals surface area (Å²) in [5.41, 5.74) is 4.00. The molecule has 3 rings (SSSR count). The molecule has 21 heavy (non-hydrogen) atoms. The number of aromatic amines is 1. The first kappa shape index (κ1) is 13.4. The summed E-state index contributed by atoms with van der Waals surface area (Å²) in [5, 5.41) is 3.08. The zero-order valence-electron chi connectivity index (χ0n) is 11.8. The fourth-order valence-electron chi connectivity index (χ4n) is 2.40. The van der Waals surface area contributed by atoms with E-state index in [9.17, 15) is 4.79 Å². The molecular weight excluding hydrogens is 262 g/mol. The van der Waals surface area contributed by atoms with E-state index in [4.69, 9.17) is 0 Å². The zero-order chi connectivity index (χ0) is 14.7. The normalized spacial score (nSPS) is 12.2. The highest BCUT2D eigenvalue weighted by Crippen LogP contribution is 2.24. The summed E-state index contributed by atoms with van der Waals surface area (Å²) in [6.07, 6.45) is 2.15. The summed E-state index contributed by atoms with van der Waals surface area (Å²) < 4.78 is 0. The van der Waals surface area contributed by atoms with Crippen LogP contribution < -0.4 is 5.32 Å². The first-order valence-corrected chi connectivity index (χ1v) is 7.05. The van der Waals surface area contributed by atoms with Gasteiger partial charge in [-0.3, -0.25) is 4.79 Å². The van der Waals surface area contributed by atoms with Crippen LogP contribution in [0, 0.1) is 0 Å². The van der Waals surface area contributed by atoms with Crippen LogP contribution in [0.5, 0.6) is 0 Å². The molecule has 2 N–H and O–H groups in total. The Morgan fingerprint density at radius 3 is 2.76 bits per heavy atom. The van der Waals surface area contributed by atoms with Gasteiger partial charge in [-0.25, -0.2) is 4.98 Å². The van der Waals surface area contributed by atoms with Gasteiger partial charge in [0.1, 0.15) is 0 Å². The van der Waals surface area contributed by atoms with Crippen molar-refractivity contribution < 1.29 is 4.79 Å². The topological polar surface area (TPSA) is 57.8 Å². The van der Waals surface area contributed by atoms with E-state index >= 15 is 0 Å². The van der Waals surface area contributed by atoms with Gasteiger partial charge in [0.25, 0.3) is 0 Å². The third-order valence-electron chi connectivity index (χ3n) is 3.54. The fraction of sp³-hybridized carbons (Fsp3) is 0.176. The molecule has 1 atom stereocenters. The van der Waals surface area contributed by atoms with Gasteiger partial charge in [-0.1, -0.05) is 43.3 Å². The smallest absolute Gasteiger partial charge is 0.220 e. The van der Waals surface area contributed by atoms with E-state index in [0.717, 1.165) is 22.2 Å². The van der Waals surface area contributed by atoms with E-state index in [-0.39, 0.29) is 11.9 Å². The molecule has 0 radical (unpaired) electrons. The molecule has 2 aromatic carbocycles. The second-order valence-corrected chi connectivity index (χ2v) is 4.94. The lowest BCUT2D eigenvalue weighted by Gasteiger charge is -2.19. The summed E-state index contributed by atoms with van der Waals surface area (Å²) >= 11 is 0. The van der Waals surface area contributed by atoms with Crippen LogP contribution in [0.4, 0.5) is 0 Å². The summed E-state index contributed by atoms with van der Waals surface area (Å²) in [4.78, 5) is 19.2. The number of benzene rings is 2. The number of fused-ring (bicyclic) bond motifs is 1. The number of hydrogen-bond donors (Lipinski definition) is 2. The van der Waals surface area contributed by atoms with Crippen molar-refractivity contribution in [3.8, 4) is 0 Å². The van der Waals surface area contributed by atoms with Crippen LogP contribution in [0.15, 0.2) is 54.9 Å². The fourth-order valence-corrected chi connectivity index (χ4v) is 2.40. The highest BCUT2D eigenvalue weighted by atomic mass is 16.1. The molecule has 0 aliphatic rings. The number of nitrogens with zero attached hydrogens (tertiary/aromatic N) is 1. The Kier molecular flexibility index (Phi) is 3.69. The average molecular weight is 279 g/mol. The molecule has 0 saturated heterocycles. The van der Waals surface area contributed by atoms with Crippen LogP contribution in [-0.2, 0) is 4.79 Å². The van der Waals surface area contributed by atoms with Crippen molar-refractivity contribution in [1.82, 2.24) is 15.3 Å². The van der Waals surface area contributed by atoms with Crippen molar-refractivity contribution in [2.24, 2.45) is 0 Å². The van der Waals surface area contributed by atoms with Gasteiger partial charge in [0.2, 0.25) is 5.91 Å². The molecule has 0 aliphatic carbocycles. The SMILES string of the molecule is CCC(=O)N[C@H](c1ccccc1)c1ccc2nc[nH]c2c1. The molecule has 106 valence electrons. The van der Waals surface area contributed by atoms with Gasteiger partial charge in [-0.05, 0) is 23.3 Å². The third-order valence-corrected chi connectivity index (χ3v) is 3.54. The van der Waals surface area contributed by atoms with E-state index in [1.807, 2.05) is 55.5 Å². The zero-order valence-corrected chi connectivity index (χ0v) is 11.8. The standard InChI is InChI=1S/C17H17N3O/c1-2-16(21)20-17(12-6-4-3-5-7-12)13-8-9-14-15(10-13)19-11-18-14/h3-11,17H,2H2,1H3,(H,18,19)(H,20,21)/t17-/m1/s1. The number of aromatic nitrogens is 2.